The molecule has 2 heteroatoms. The molecule has 1 radical (unpaired) electrons. The lowest BCUT2D eigenvalue weighted by Crippen LogP contribution is -2.40. The number of rotatable bonds is 2. The summed E-state index contributed by atoms with van der Waals surface area (Å²) in [6.45, 7) is 8.58. The molecule has 1 aliphatic rings. The van der Waals surface area contributed by atoms with E-state index in [1.807, 2.05) is 0 Å². The number of anilines is 1. The molecule has 0 aromatic heterocycles. The molecule has 1 aromatic carbocycles. The SMILES string of the molecule is CC(C)c1cccc(N2CC[N]CC2)c1. The third kappa shape index (κ3) is 2.51. The number of hydrogen-bond acceptors (Lipinski definition) is 1. The first kappa shape index (κ1) is 10.5. The molecule has 0 bridgehead atoms. The van der Waals surface area contributed by atoms with Gasteiger partial charge < -0.3 is 4.90 Å². The zero-order valence-electron chi connectivity index (χ0n) is 9.61. The standard InChI is InChI=1S/C13H19N2/c1-11(2)12-4-3-5-13(10-12)15-8-6-14-7-9-15/h3-5,10-11H,6-9H2,1-2H3. The van der Waals surface area contributed by atoms with Crippen LogP contribution in [0.15, 0.2) is 24.3 Å². The Bertz CT molecular complexity index is 314. The monoisotopic (exact) mass is 203 g/mol. The van der Waals surface area contributed by atoms with E-state index in [1.54, 1.807) is 0 Å². The van der Waals surface area contributed by atoms with E-state index in [1.165, 1.54) is 11.3 Å². The molecule has 2 rings (SSSR count). The maximum atomic E-state index is 4.37. The van der Waals surface area contributed by atoms with Crippen LogP contribution in [0.3, 0.4) is 0 Å². The van der Waals surface area contributed by atoms with Gasteiger partial charge in [-0.2, -0.15) is 0 Å². The molecule has 1 aromatic rings. The Kier molecular flexibility index (Phi) is 3.27. The van der Waals surface area contributed by atoms with Crippen LogP contribution in [-0.2, 0) is 0 Å². The highest BCUT2D eigenvalue weighted by molar-refractivity contribution is 5.49. The number of benzene rings is 1. The van der Waals surface area contributed by atoms with Crippen molar-refractivity contribution in [2.45, 2.75) is 19.8 Å². The summed E-state index contributed by atoms with van der Waals surface area (Å²) in [6, 6.07) is 8.89. The lowest BCUT2D eigenvalue weighted by molar-refractivity contribution is 0.579. The van der Waals surface area contributed by atoms with Gasteiger partial charge in [-0.05, 0) is 23.6 Å². The number of hydrogen-bond donors (Lipinski definition) is 0. The summed E-state index contributed by atoms with van der Waals surface area (Å²) in [5.41, 5.74) is 2.78. The fourth-order valence-electron chi connectivity index (χ4n) is 1.95. The fourth-order valence-corrected chi connectivity index (χ4v) is 1.95. The van der Waals surface area contributed by atoms with E-state index in [4.69, 9.17) is 0 Å². The van der Waals surface area contributed by atoms with Crippen molar-refractivity contribution >= 4 is 5.69 Å². The molecule has 1 aliphatic heterocycles. The normalized spacial score (nSPS) is 17.1. The van der Waals surface area contributed by atoms with Crippen LogP contribution >= 0.6 is 0 Å². The van der Waals surface area contributed by atoms with Crippen LogP contribution in [0, 0.1) is 0 Å². The van der Waals surface area contributed by atoms with Crippen molar-refractivity contribution in [3.63, 3.8) is 0 Å². The van der Waals surface area contributed by atoms with E-state index in [0.29, 0.717) is 5.92 Å². The van der Waals surface area contributed by atoms with Gasteiger partial charge in [0.1, 0.15) is 0 Å². The molecule has 0 aliphatic carbocycles. The predicted molar refractivity (Wildman–Crippen MR) is 64.6 cm³/mol. The van der Waals surface area contributed by atoms with E-state index in [0.717, 1.165) is 26.2 Å². The van der Waals surface area contributed by atoms with Crippen molar-refractivity contribution in [1.29, 1.82) is 0 Å². The van der Waals surface area contributed by atoms with Gasteiger partial charge in [-0.25, -0.2) is 5.32 Å². The van der Waals surface area contributed by atoms with Gasteiger partial charge in [0.25, 0.3) is 0 Å². The third-order valence-corrected chi connectivity index (χ3v) is 2.96. The maximum absolute atomic E-state index is 4.37. The molecule has 0 atom stereocenters. The van der Waals surface area contributed by atoms with Crippen LogP contribution in [-0.4, -0.2) is 26.2 Å². The van der Waals surface area contributed by atoms with Crippen molar-refractivity contribution < 1.29 is 0 Å². The average Bonchev–Trinajstić information content (AvgIpc) is 2.30. The van der Waals surface area contributed by atoms with E-state index < -0.39 is 0 Å². The van der Waals surface area contributed by atoms with Gasteiger partial charge in [0.2, 0.25) is 0 Å². The van der Waals surface area contributed by atoms with Gasteiger partial charge in [-0.3, -0.25) is 0 Å². The summed E-state index contributed by atoms with van der Waals surface area (Å²) in [4.78, 5) is 2.43. The predicted octanol–water partition coefficient (Wildman–Crippen LogP) is 2.23. The molecule has 0 amide bonds. The van der Waals surface area contributed by atoms with Crippen molar-refractivity contribution in [3.05, 3.63) is 29.8 Å². The molecule has 0 spiro atoms. The van der Waals surface area contributed by atoms with E-state index in [9.17, 15) is 0 Å². The smallest absolute Gasteiger partial charge is 0.0369 e. The Morgan fingerprint density at radius 1 is 1.20 bits per heavy atom. The Hall–Kier alpha value is -1.02. The first-order chi connectivity index (χ1) is 7.27. The van der Waals surface area contributed by atoms with Crippen LogP contribution in [0.5, 0.6) is 0 Å². The summed E-state index contributed by atoms with van der Waals surface area (Å²) in [6.07, 6.45) is 0. The molecular weight excluding hydrogens is 184 g/mol. The molecule has 81 valence electrons. The Morgan fingerprint density at radius 2 is 1.93 bits per heavy atom. The molecule has 0 N–H and O–H groups in total. The van der Waals surface area contributed by atoms with Crippen molar-refractivity contribution in [2.75, 3.05) is 31.1 Å². The molecule has 1 saturated heterocycles. The zero-order valence-corrected chi connectivity index (χ0v) is 9.61. The average molecular weight is 203 g/mol. The van der Waals surface area contributed by atoms with Gasteiger partial charge in [0.05, 0.1) is 0 Å². The van der Waals surface area contributed by atoms with Gasteiger partial charge >= 0.3 is 0 Å². The summed E-state index contributed by atoms with van der Waals surface area (Å²) < 4.78 is 0. The van der Waals surface area contributed by atoms with Crippen molar-refractivity contribution in [1.82, 2.24) is 5.32 Å². The molecule has 0 saturated carbocycles. The first-order valence-corrected chi connectivity index (χ1v) is 5.75. The molecule has 0 unspecified atom stereocenters. The van der Waals surface area contributed by atoms with Gasteiger partial charge in [0.15, 0.2) is 0 Å². The number of nitrogens with zero attached hydrogens (tertiary/aromatic N) is 2. The van der Waals surface area contributed by atoms with Gasteiger partial charge in [-0.1, -0.05) is 26.0 Å². The Labute approximate surface area is 92.3 Å². The van der Waals surface area contributed by atoms with Crippen LogP contribution in [0.25, 0.3) is 0 Å². The molecule has 1 heterocycles. The lowest BCUT2D eigenvalue weighted by atomic mass is 10.0. The first-order valence-electron chi connectivity index (χ1n) is 5.75. The minimum absolute atomic E-state index is 0.611. The van der Waals surface area contributed by atoms with E-state index in [-0.39, 0.29) is 0 Å². The number of piperazine rings is 1. The Balaban J connectivity index is 2.16. The van der Waals surface area contributed by atoms with Crippen LogP contribution in [0.1, 0.15) is 25.3 Å². The Morgan fingerprint density at radius 3 is 2.60 bits per heavy atom. The fraction of sp³-hybridized carbons (Fsp3) is 0.538. The molecule has 2 nitrogen and oxygen atoms in total. The highest BCUT2D eigenvalue weighted by atomic mass is 15.2. The van der Waals surface area contributed by atoms with Crippen molar-refractivity contribution in [2.24, 2.45) is 0 Å². The quantitative estimate of drug-likeness (QED) is 0.720. The van der Waals surface area contributed by atoms with Gasteiger partial charge in [0, 0.05) is 31.9 Å². The summed E-state index contributed by atoms with van der Waals surface area (Å²) in [5.74, 6) is 0.611. The molecule has 1 fully saturated rings. The van der Waals surface area contributed by atoms with E-state index in [2.05, 4.69) is 48.3 Å². The largest absolute Gasteiger partial charge is 0.369 e. The molecular formula is C13H19N2. The van der Waals surface area contributed by atoms with Gasteiger partial charge in [-0.15, -0.1) is 0 Å². The second-order valence-corrected chi connectivity index (χ2v) is 4.41. The van der Waals surface area contributed by atoms with Crippen molar-refractivity contribution in [3.8, 4) is 0 Å². The third-order valence-electron chi connectivity index (χ3n) is 2.96. The lowest BCUT2D eigenvalue weighted by Gasteiger charge is -2.29. The highest BCUT2D eigenvalue weighted by Crippen LogP contribution is 2.21. The zero-order chi connectivity index (χ0) is 10.7. The maximum Gasteiger partial charge on any atom is 0.0369 e. The summed E-state index contributed by atoms with van der Waals surface area (Å²) >= 11 is 0. The van der Waals surface area contributed by atoms with E-state index >= 15 is 0 Å². The minimum atomic E-state index is 0.611. The second-order valence-electron chi connectivity index (χ2n) is 4.41. The second kappa shape index (κ2) is 4.67. The summed E-state index contributed by atoms with van der Waals surface area (Å²) in [5, 5.41) is 4.37. The highest BCUT2D eigenvalue weighted by Gasteiger charge is 2.11. The van der Waals surface area contributed by atoms with Crippen LogP contribution < -0.4 is 10.2 Å². The van der Waals surface area contributed by atoms with Crippen LogP contribution in [0.4, 0.5) is 5.69 Å². The summed E-state index contributed by atoms with van der Waals surface area (Å²) in [7, 11) is 0. The molecule has 15 heavy (non-hydrogen) atoms. The topological polar surface area (TPSA) is 17.3 Å². The van der Waals surface area contributed by atoms with Crippen LogP contribution in [0.2, 0.25) is 0 Å². The minimum Gasteiger partial charge on any atom is -0.369 e.